The van der Waals surface area contributed by atoms with Crippen LogP contribution >= 0.6 is 0 Å². The first-order valence-corrected chi connectivity index (χ1v) is 9.93. The van der Waals surface area contributed by atoms with E-state index in [1.54, 1.807) is 12.1 Å². The van der Waals surface area contributed by atoms with Gasteiger partial charge in [-0.25, -0.2) is 4.79 Å². The molecule has 4 atom stereocenters. The van der Waals surface area contributed by atoms with Gasteiger partial charge in [-0.2, -0.15) is 0 Å². The first kappa shape index (κ1) is 19.0. The maximum atomic E-state index is 11.5. The summed E-state index contributed by atoms with van der Waals surface area (Å²) < 4.78 is 11.4. The largest absolute Gasteiger partial charge is 0.493 e. The van der Waals surface area contributed by atoms with Gasteiger partial charge in [-0.1, -0.05) is 39.5 Å². The number of hydrogen-bond acceptors (Lipinski definition) is 4. The normalized spacial score (nSPS) is 31.6. The molecule has 148 valence electrons. The predicted molar refractivity (Wildman–Crippen MR) is 110 cm³/mol. The molecule has 4 nitrogen and oxygen atoms in total. The van der Waals surface area contributed by atoms with E-state index in [-0.39, 0.29) is 34.4 Å². The van der Waals surface area contributed by atoms with E-state index in [0.29, 0.717) is 17.9 Å². The molecule has 4 heteroatoms. The molecule has 2 aliphatic rings. The SMILES string of the molecule is C=C1C=C[C@@H]2C(C)(C)[C@@H](O)CC[C@@]2(C)[C@@H]1COc1ccc2ccc(=O)oc2c1. The van der Waals surface area contributed by atoms with Crippen LogP contribution in [0.3, 0.4) is 0 Å². The van der Waals surface area contributed by atoms with Crippen molar-refractivity contribution in [2.75, 3.05) is 6.61 Å². The van der Waals surface area contributed by atoms with Crippen molar-refractivity contribution in [2.24, 2.45) is 22.7 Å². The third-order valence-corrected chi connectivity index (χ3v) is 7.08. The number of aliphatic hydroxyl groups excluding tert-OH is 1. The molecule has 0 unspecified atom stereocenters. The van der Waals surface area contributed by atoms with Gasteiger partial charge in [0.05, 0.1) is 12.7 Å². The minimum atomic E-state index is -0.367. The van der Waals surface area contributed by atoms with E-state index in [1.165, 1.54) is 6.07 Å². The van der Waals surface area contributed by atoms with Gasteiger partial charge in [-0.05, 0) is 53.4 Å². The van der Waals surface area contributed by atoms with Crippen LogP contribution in [0.2, 0.25) is 0 Å². The van der Waals surface area contributed by atoms with Crippen molar-refractivity contribution in [3.63, 3.8) is 0 Å². The maximum absolute atomic E-state index is 11.5. The molecule has 0 spiro atoms. The Kier molecular flexibility index (Phi) is 4.50. The molecule has 1 saturated carbocycles. The molecule has 2 aliphatic carbocycles. The van der Waals surface area contributed by atoms with Crippen molar-refractivity contribution < 1.29 is 14.3 Å². The highest BCUT2D eigenvalue weighted by atomic mass is 16.5. The molecule has 2 aromatic rings. The number of fused-ring (bicyclic) bond motifs is 2. The molecule has 28 heavy (non-hydrogen) atoms. The van der Waals surface area contributed by atoms with Gasteiger partial charge in [0.25, 0.3) is 0 Å². The molecule has 0 bridgehead atoms. The zero-order valence-corrected chi connectivity index (χ0v) is 16.8. The van der Waals surface area contributed by atoms with E-state index in [4.69, 9.17) is 9.15 Å². The summed E-state index contributed by atoms with van der Waals surface area (Å²) in [5.74, 6) is 1.10. The Bertz CT molecular complexity index is 999. The van der Waals surface area contributed by atoms with Crippen LogP contribution in [0, 0.1) is 22.7 Å². The monoisotopic (exact) mass is 380 g/mol. The number of aliphatic hydroxyl groups is 1. The van der Waals surface area contributed by atoms with Crippen LogP contribution in [0.1, 0.15) is 33.6 Å². The van der Waals surface area contributed by atoms with Crippen LogP contribution in [-0.2, 0) is 0 Å². The number of rotatable bonds is 3. The molecule has 1 N–H and O–H groups in total. The van der Waals surface area contributed by atoms with Crippen LogP contribution in [0.4, 0.5) is 0 Å². The van der Waals surface area contributed by atoms with Crippen LogP contribution in [-0.4, -0.2) is 17.8 Å². The van der Waals surface area contributed by atoms with Gasteiger partial charge >= 0.3 is 5.63 Å². The van der Waals surface area contributed by atoms with E-state index in [2.05, 4.69) is 39.5 Å². The Labute approximate surface area is 165 Å². The first-order chi connectivity index (χ1) is 13.2. The summed E-state index contributed by atoms with van der Waals surface area (Å²) in [6.07, 6.45) is 5.75. The van der Waals surface area contributed by atoms with Gasteiger partial charge in [-0.3, -0.25) is 0 Å². The fraction of sp³-hybridized carbons (Fsp3) is 0.458. The van der Waals surface area contributed by atoms with Crippen LogP contribution in [0.15, 0.2) is 63.8 Å². The van der Waals surface area contributed by atoms with Gasteiger partial charge in [0.2, 0.25) is 0 Å². The lowest BCUT2D eigenvalue weighted by molar-refractivity contribution is -0.0982. The molecule has 1 aromatic carbocycles. The van der Waals surface area contributed by atoms with Gasteiger partial charge in [0.1, 0.15) is 11.3 Å². The van der Waals surface area contributed by atoms with E-state index < -0.39 is 0 Å². The van der Waals surface area contributed by atoms with Gasteiger partial charge < -0.3 is 14.3 Å². The Balaban J connectivity index is 1.60. The van der Waals surface area contributed by atoms with E-state index in [9.17, 15) is 9.90 Å². The van der Waals surface area contributed by atoms with Crippen molar-refractivity contribution in [3.05, 3.63) is 65.1 Å². The number of allylic oxidation sites excluding steroid dienone is 2. The molecule has 1 fully saturated rings. The average molecular weight is 380 g/mol. The molecule has 0 aliphatic heterocycles. The zero-order chi connectivity index (χ0) is 20.1. The Morgan fingerprint density at radius 2 is 2.00 bits per heavy atom. The fourth-order valence-electron chi connectivity index (χ4n) is 5.26. The third kappa shape index (κ3) is 3.00. The molecule has 1 aromatic heterocycles. The van der Waals surface area contributed by atoms with Gasteiger partial charge in [-0.15, -0.1) is 0 Å². The van der Waals surface area contributed by atoms with Crippen LogP contribution < -0.4 is 10.4 Å². The van der Waals surface area contributed by atoms with Crippen molar-refractivity contribution in [2.45, 2.75) is 39.7 Å². The highest BCUT2D eigenvalue weighted by molar-refractivity contribution is 5.77. The minimum Gasteiger partial charge on any atom is -0.493 e. The standard InChI is InChI=1S/C24H28O4/c1-15-5-9-20-23(2,3)21(25)11-12-24(20,4)18(15)14-27-17-8-6-16-7-10-22(26)28-19(16)13-17/h5-10,13,18,20-21,25H,1,11-12,14H2,2-4H3/t18-,20-,21+,24+/m1/s1. The second-order valence-corrected chi connectivity index (χ2v) is 9.11. The second kappa shape index (κ2) is 6.63. The first-order valence-electron chi connectivity index (χ1n) is 9.93. The lowest BCUT2D eigenvalue weighted by Gasteiger charge is -2.57. The summed E-state index contributed by atoms with van der Waals surface area (Å²) in [6, 6.07) is 8.74. The summed E-state index contributed by atoms with van der Waals surface area (Å²) in [7, 11) is 0. The summed E-state index contributed by atoms with van der Waals surface area (Å²) in [5, 5.41) is 11.4. The van der Waals surface area contributed by atoms with E-state index in [1.807, 2.05) is 12.1 Å². The molecule has 0 radical (unpaired) electrons. The highest BCUT2D eigenvalue weighted by Gasteiger charge is 2.54. The molecule has 0 saturated heterocycles. The number of ether oxygens (including phenoxy) is 1. The molecular formula is C24H28O4. The highest BCUT2D eigenvalue weighted by Crippen LogP contribution is 2.58. The minimum absolute atomic E-state index is 0.0159. The lowest BCUT2D eigenvalue weighted by atomic mass is 9.49. The summed E-state index contributed by atoms with van der Waals surface area (Å²) in [4.78, 5) is 11.5. The van der Waals surface area contributed by atoms with E-state index in [0.717, 1.165) is 23.8 Å². The fourth-order valence-corrected chi connectivity index (χ4v) is 5.26. The second-order valence-electron chi connectivity index (χ2n) is 9.11. The molecule has 0 amide bonds. The Morgan fingerprint density at radius 3 is 2.79 bits per heavy atom. The number of hydrogen-bond donors (Lipinski definition) is 1. The maximum Gasteiger partial charge on any atom is 0.336 e. The Morgan fingerprint density at radius 1 is 1.25 bits per heavy atom. The topological polar surface area (TPSA) is 59.7 Å². The van der Waals surface area contributed by atoms with Gasteiger partial charge in [0.15, 0.2) is 0 Å². The smallest absolute Gasteiger partial charge is 0.336 e. The zero-order valence-electron chi connectivity index (χ0n) is 16.8. The number of benzene rings is 1. The molecular weight excluding hydrogens is 352 g/mol. The molecule has 4 rings (SSSR count). The lowest BCUT2D eigenvalue weighted by Crippen LogP contribution is -2.54. The quantitative estimate of drug-likeness (QED) is 0.783. The third-order valence-electron chi connectivity index (χ3n) is 7.08. The van der Waals surface area contributed by atoms with Gasteiger partial charge in [0, 0.05) is 23.4 Å². The van der Waals surface area contributed by atoms with Crippen molar-refractivity contribution in [1.82, 2.24) is 0 Å². The van der Waals surface area contributed by atoms with E-state index >= 15 is 0 Å². The predicted octanol–water partition coefficient (Wildman–Crippen LogP) is 4.72. The molecule has 1 heterocycles. The summed E-state index contributed by atoms with van der Waals surface area (Å²) >= 11 is 0. The van der Waals surface area contributed by atoms with Crippen LogP contribution in [0.25, 0.3) is 11.0 Å². The van der Waals surface area contributed by atoms with Crippen molar-refractivity contribution in [1.29, 1.82) is 0 Å². The Hall–Kier alpha value is -2.33. The average Bonchev–Trinajstić information content (AvgIpc) is 2.64. The van der Waals surface area contributed by atoms with Crippen molar-refractivity contribution in [3.8, 4) is 5.75 Å². The summed E-state index contributed by atoms with van der Waals surface area (Å²) in [6.45, 7) is 11.4. The summed E-state index contributed by atoms with van der Waals surface area (Å²) in [5.41, 5.74) is 1.03. The van der Waals surface area contributed by atoms with Crippen LogP contribution in [0.5, 0.6) is 5.75 Å². The van der Waals surface area contributed by atoms with Crippen molar-refractivity contribution >= 4 is 11.0 Å².